The van der Waals surface area contributed by atoms with Crippen LogP contribution in [-0.4, -0.2) is 59.2 Å². The van der Waals surface area contributed by atoms with E-state index in [0.29, 0.717) is 26.3 Å². The first-order valence-corrected chi connectivity index (χ1v) is 10.6. The Balaban J connectivity index is 1.46. The van der Waals surface area contributed by atoms with Gasteiger partial charge in [0.15, 0.2) is 0 Å². The van der Waals surface area contributed by atoms with Gasteiger partial charge >= 0.3 is 0 Å². The second-order valence-electron chi connectivity index (χ2n) is 7.08. The minimum atomic E-state index is -0.208. The molecule has 29 heavy (non-hydrogen) atoms. The maximum absolute atomic E-state index is 12.8. The molecule has 2 aromatic rings. The van der Waals surface area contributed by atoms with Crippen LogP contribution in [-0.2, 0) is 4.79 Å². The third kappa shape index (κ3) is 4.60. The predicted octanol–water partition coefficient (Wildman–Crippen LogP) is 3.21. The van der Waals surface area contributed by atoms with Crippen LogP contribution in [0.3, 0.4) is 0 Å². The lowest BCUT2D eigenvalue weighted by Gasteiger charge is -2.20. The van der Waals surface area contributed by atoms with E-state index in [-0.39, 0.29) is 11.8 Å². The molecule has 3 heterocycles. The fourth-order valence-corrected chi connectivity index (χ4v) is 4.37. The number of likely N-dealkylation sites (N-methyl/N-ethyl adjacent to an activating group) is 1. The van der Waals surface area contributed by atoms with E-state index in [1.54, 1.807) is 6.08 Å². The van der Waals surface area contributed by atoms with Gasteiger partial charge in [-0.15, -0.1) is 0 Å². The van der Waals surface area contributed by atoms with Crippen LogP contribution in [0.1, 0.15) is 22.5 Å². The maximum atomic E-state index is 12.8. The van der Waals surface area contributed by atoms with E-state index in [2.05, 4.69) is 17.3 Å². The molecule has 6 nitrogen and oxygen atoms in total. The fourth-order valence-electron chi connectivity index (χ4n) is 3.35. The van der Waals surface area contributed by atoms with Crippen LogP contribution in [0, 0.1) is 0 Å². The number of thiocarbonyl (C=S) groups is 1. The van der Waals surface area contributed by atoms with Crippen molar-refractivity contribution in [1.29, 1.82) is 0 Å². The molecule has 150 valence electrons. The lowest BCUT2D eigenvalue weighted by atomic mass is 10.1. The quantitative estimate of drug-likeness (QED) is 0.599. The van der Waals surface area contributed by atoms with Gasteiger partial charge in [0.1, 0.15) is 15.8 Å². The van der Waals surface area contributed by atoms with Gasteiger partial charge in [-0.25, -0.2) is 0 Å². The summed E-state index contributed by atoms with van der Waals surface area (Å²) in [6, 6.07) is 11.1. The second-order valence-corrected chi connectivity index (χ2v) is 8.80. The summed E-state index contributed by atoms with van der Waals surface area (Å²) in [5.41, 5.74) is 1.56. The zero-order valence-corrected chi connectivity index (χ0v) is 17.6. The normalized spacial score (nSPS) is 19.5. The molecule has 2 saturated heterocycles. The van der Waals surface area contributed by atoms with Gasteiger partial charge in [-0.2, -0.15) is 0 Å². The van der Waals surface area contributed by atoms with Crippen LogP contribution >= 0.6 is 24.0 Å². The Labute approximate surface area is 178 Å². The molecule has 2 aliphatic rings. The molecule has 1 N–H and O–H groups in total. The standard InChI is InChI=1S/C21H21N3O3S2/c1-23-9-2-10-24(12-11-23)20(26)15-5-3-14(4-6-15)17-8-7-16(27-17)13-18-19(25)22-21(28)29-18/h3-8,13H,2,9-12H2,1H3,(H,22,25,28)/b18-13+. The predicted molar refractivity (Wildman–Crippen MR) is 118 cm³/mol. The van der Waals surface area contributed by atoms with Gasteiger partial charge in [-0.3, -0.25) is 9.59 Å². The largest absolute Gasteiger partial charge is 0.457 e. The zero-order chi connectivity index (χ0) is 20.4. The van der Waals surface area contributed by atoms with Gasteiger partial charge in [-0.05, 0) is 44.3 Å². The Morgan fingerprint density at radius 2 is 1.93 bits per heavy atom. The summed E-state index contributed by atoms with van der Waals surface area (Å²) in [6.07, 6.45) is 2.67. The summed E-state index contributed by atoms with van der Waals surface area (Å²) >= 11 is 6.21. The van der Waals surface area contributed by atoms with Crippen molar-refractivity contribution in [2.45, 2.75) is 6.42 Å². The minimum absolute atomic E-state index is 0.0666. The Kier molecular flexibility index (Phi) is 5.84. The van der Waals surface area contributed by atoms with E-state index in [0.717, 1.165) is 38.2 Å². The fraction of sp³-hybridized carbons (Fsp3) is 0.286. The number of rotatable bonds is 3. The first-order valence-electron chi connectivity index (χ1n) is 9.42. The summed E-state index contributed by atoms with van der Waals surface area (Å²) in [5.74, 6) is 1.12. The minimum Gasteiger partial charge on any atom is -0.457 e. The van der Waals surface area contributed by atoms with Crippen LogP contribution in [0.15, 0.2) is 45.7 Å². The first kappa shape index (κ1) is 19.9. The average molecular weight is 428 g/mol. The summed E-state index contributed by atoms with van der Waals surface area (Å²) in [4.78, 5) is 29.2. The highest BCUT2D eigenvalue weighted by atomic mass is 32.2. The number of nitrogens with zero attached hydrogens (tertiary/aromatic N) is 2. The van der Waals surface area contributed by atoms with Crippen LogP contribution in [0.25, 0.3) is 17.4 Å². The van der Waals surface area contributed by atoms with E-state index < -0.39 is 0 Å². The molecule has 0 bridgehead atoms. The maximum Gasteiger partial charge on any atom is 0.263 e. The van der Waals surface area contributed by atoms with Crippen molar-refractivity contribution in [3.8, 4) is 11.3 Å². The van der Waals surface area contributed by atoms with E-state index in [1.807, 2.05) is 41.3 Å². The van der Waals surface area contributed by atoms with Crippen molar-refractivity contribution in [2.24, 2.45) is 0 Å². The molecule has 0 atom stereocenters. The molecule has 0 radical (unpaired) electrons. The highest BCUT2D eigenvalue weighted by molar-refractivity contribution is 8.26. The van der Waals surface area contributed by atoms with Crippen molar-refractivity contribution in [2.75, 3.05) is 33.2 Å². The Morgan fingerprint density at radius 3 is 2.66 bits per heavy atom. The van der Waals surface area contributed by atoms with Crippen LogP contribution in [0.2, 0.25) is 0 Å². The summed E-state index contributed by atoms with van der Waals surface area (Å²) < 4.78 is 6.29. The van der Waals surface area contributed by atoms with Gasteiger partial charge in [0.25, 0.3) is 11.8 Å². The highest BCUT2D eigenvalue weighted by Crippen LogP contribution is 2.29. The molecule has 2 aliphatic heterocycles. The molecular formula is C21H21N3O3S2. The molecule has 2 fully saturated rings. The second kappa shape index (κ2) is 8.52. The first-order chi connectivity index (χ1) is 14.0. The third-order valence-electron chi connectivity index (χ3n) is 4.97. The molecule has 0 spiro atoms. The van der Waals surface area contributed by atoms with Gasteiger partial charge in [-0.1, -0.05) is 36.1 Å². The molecule has 8 heteroatoms. The SMILES string of the molecule is CN1CCCN(C(=O)c2ccc(-c3ccc(/C=C4/SC(=S)NC4=O)o3)cc2)CC1. The number of furan rings is 1. The van der Waals surface area contributed by atoms with Crippen LogP contribution in [0.5, 0.6) is 0 Å². The van der Waals surface area contributed by atoms with Crippen molar-refractivity contribution < 1.29 is 14.0 Å². The van der Waals surface area contributed by atoms with Gasteiger partial charge < -0.3 is 19.5 Å². The summed E-state index contributed by atoms with van der Waals surface area (Å²) in [5, 5.41) is 2.58. The Hall–Kier alpha value is -2.42. The van der Waals surface area contributed by atoms with Gasteiger partial charge in [0.2, 0.25) is 0 Å². The third-order valence-corrected chi connectivity index (χ3v) is 6.13. The highest BCUT2D eigenvalue weighted by Gasteiger charge is 2.23. The Morgan fingerprint density at radius 1 is 1.14 bits per heavy atom. The van der Waals surface area contributed by atoms with E-state index in [9.17, 15) is 9.59 Å². The van der Waals surface area contributed by atoms with Gasteiger partial charge in [0, 0.05) is 36.8 Å². The lowest BCUT2D eigenvalue weighted by molar-refractivity contribution is -0.115. The number of thioether (sulfide) groups is 1. The number of amides is 2. The molecule has 4 rings (SSSR count). The topological polar surface area (TPSA) is 65.8 Å². The summed E-state index contributed by atoms with van der Waals surface area (Å²) in [6.45, 7) is 3.46. The van der Waals surface area contributed by atoms with E-state index in [4.69, 9.17) is 16.6 Å². The van der Waals surface area contributed by atoms with Crippen molar-refractivity contribution in [1.82, 2.24) is 15.1 Å². The molecule has 0 aliphatic carbocycles. The van der Waals surface area contributed by atoms with Gasteiger partial charge in [0.05, 0.1) is 4.91 Å². The lowest BCUT2D eigenvalue weighted by Crippen LogP contribution is -2.34. The molecule has 1 aromatic carbocycles. The average Bonchev–Trinajstić information content (AvgIpc) is 3.23. The number of nitrogens with one attached hydrogen (secondary N) is 1. The van der Waals surface area contributed by atoms with Crippen LogP contribution < -0.4 is 5.32 Å². The molecule has 0 saturated carbocycles. The van der Waals surface area contributed by atoms with E-state index >= 15 is 0 Å². The van der Waals surface area contributed by atoms with E-state index in [1.165, 1.54) is 11.8 Å². The molecule has 2 amide bonds. The zero-order valence-electron chi connectivity index (χ0n) is 16.0. The number of hydrogen-bond donors (Lipinski definition) is 1. The molecule has 1 aromatic heterocycles. The number of carbonyl (C=O) groups excluding carboxylic acids is 2. The van der Waals surface area contributed by atoms with Crippen molar-refractivity contribution in [3.05, 3.63) is 52.6 Å². The van der Waals surface area contributed by atoms with Crippen molar-refractivity contribution in [3.63, 3.8) is 0 Å². The summed E-state index contributed by atoms with van der Waals surface area (Å²) in [7, 11) is 2.09. The number of benzene rings is 1. The molecule has 0 unspecified atom stereocenters. The Bertz CT molecular complexity index is 981. The number of hydrogen-bond acceptors (Lipinski definition) is 6. The smallest absolute Gasteiger partial charge is 0.263 e. The number of carbonyl (C=O) groups is 2. The molecular weight excluding hydrogens is 406 g/mol. The van der Waals surface area contributed by atoms with Crippen LogP contribution in [0.4, 0.5) is 0 Å². The monoisotopic (exact) mass is 427 g/mol. The van der Waals surface area contributed by atoms with Crippen molar-refractivity contribution >= 4 is 46.2 Å².